The van der Waals surface area contributed by atoms with E-state index in [1.807, 2.05) is 0 Å². The Balaban J connectivity index is 3.37. The van der Waals surface area contributed by atoms with Crippen LogP contribution in [0.4, 0.5) is 13.2 Å². The molecule has 1 aromatic rings. The van der Waals surface area contributed by atoms with E-state index in [1.165, 1.54) is 19.1 Å². The van der Waals surface area contributed by atoms with Crippen molar-refractivity contribution in [3.63, 3.8) is 0 Å². The van der Waals surface area contributed by atoms with Gasteiger partial charge in [-0.25, -0.2) is 0 Å². The maximum Gasteiger partial charge on any atom is 0.416 e. The lowest BCUT2D eigenvalue weighted by Crippen LogP contribution is -2.17. The SMILES string of the molecule is CCOC(=O)Cc1c(C#N)ccc(C)c1C(F)(F)F. The molecule has 0 aliphatic carbocycles. The zero-order valence-corrected chi connectivity index (χ0v) is 10.5. The van der Waals surface area contributed by atoms with Gasteiger partial charge in [-0.3, -0.25) is 4.79 Å². The summed E-state index contributed by atoms with van der Waals surface area (Å²) >= 11 is 0. The summed E-state index contributed by atoms with van der Waals surface area (Å²) in [7, 11) is 0. The molecule has 102 valence electrons. The zero-order chi connectivity index (χ0) is 14.6. The fourth-order valence-electron chi connectivity index (χ4n) is 1.80. The van der Waals surface area contributed by atoms with Crippen LogP contribution in [0.3, 0.4) is 0 Å². The minimum Gasteiger partial charge on any atom is -0.466 e. The molecule has 0 radical (unpaired) electrons. The molecule has 0 saturated carbocycles. The van der Waals surface area contributed by atoms with E-state index >= 15 is 0 Å². The molecule has 0 bridgehead atoms. The van der Waals surface area contributed by atoms with E-state index < -0.39 is 24.1 Å². The number of benzene rings is 1. The topological polar surface area (TPSA) is 50.1 Å². The molecule has 0 unspecified atom stereocenters. The minimum absolute atomic E-state index is 0.0224. The molecule has 19 heavy (non-hydrogen) atoms. The lowest BCUT2D eigenvalue weighted by Gasteiger charge is -2.16. The van der Waals surface area contributed by atoms with Gasteiger partial charge in [-0.2, -0.15) is 18.4 Å². The Kier molecular flexibility index (Phi) is 4.54. The van der Waals surface area contributed by atoms with Crippen molar-refractivity contribution in [3.05, 3.63) is 34.4 Å². The summed E-state index contributed by atoms with van der Waals surface area (Å²) < 4.78 is 43.6. The smallest absolute Gasteiger partial charge is 0.416 e. The van der Waals surface area contributed by atoms with Gasteiger partial charge in [0.05, 0.1) is 30.2 Å². The predicted octanol–water partition coefficient (Wildman–Crippen LogP) is 2.99. The molecular formula is C13H12F3NO2. The molecule has 1 aromatic carbocycles. The maximum absolute atomic E-state index is 13.0. The fraction of sp³-hybridized carbons (Fsp3) is 0.385. The standard InChI is InChI=1S/C13H12F3NO2/c1-3-19-11(18)6-10-9(7-17)5-4-8(2)12(10)13(14,15)16/h4-5H,3,6H2,1-2H3. The molecule has 0 N–H and O–H groups in total. The monoisotopic (exact) mass is 271 g/mol. The van der Waals surface area contributed by atoms with E-state index in [0.717, 1.165) is 0 Å². The summed E-state index contributed by atoms with van der Waals surface area (Å²) in [6.07, 6.45) is -5.17. The van der Waals surface area contributed by atoms with Crippen molar-refractivity contribution >= 4 is 5.97 Å². The second-order valence-electron chi connectivity index (χ2n) is 3.87. The lowest BCUT2D eigenvalue weighted by molar-refractivity contribution is -0.143. The normalized spacial score (nSPS) is 10.9. The molecule has 0 fully saturated rings. The first-order valence-corrected chi connectivity index (χ1v) is 5.56. The Bertz CT molecular complexity index is 530. The van der Waals surface area contributed by atoms with Gasteiger partial charge < -0.3 is 4.74 Å². The lowest BCUT2D eigenvalue weighted by atomic mass is 9.94. The van der Waals surface area contributed by atoms with E-state index in [0.29, 0.717) is 0 Å². The van der Waals surface area contributed by atoms with Crippen molar-refractivity contribution in [2.45, 2.75) is 26.4 Å². The van der Waals surface area contributed by atoms with Gasteiger partial charge in [-0.1, -0.05) is 6.07 Å². The Hall–Kier alpha value is -2.03. The molecule has 0 spiro atoms. The van der Waals surface area contributed by atoms with Crippen molar-refractivity contribution < 1.29 is 22.7 Å². The Morgan fingerprint density at radius 1 is 1.42 bits per heavy atom. The number of hydrogen-bond acceptors (Lipinski definition) is 3. The number of ether oxygens (including phenoxy) is 1. The molecular weight excluding hydrogens is 259 g/mol. The van der Waals surface area contributed by atoms with Crippen LogP contribution < -0.4 is 0 Å². The summed E-state index contributed by atoms with van der Waals surface area (Å²) in [4.78, 5) is 11.4. The van der Waals surface area contributed by atoms with Crippen LogP contribution in [0.15, 0.2) is 12.1 Å². The van der Waals surface area contributed by atoms with Crippen LogP contribution in [0, 0.1) is 18.3 Å². The highest BCUT2D eigenvalue weighted by Crippen LogP contribution is 2.36. The third-order valence-corrected chi connectivity index (χ3v) is 2.55. The van der Waals surface area contributed by atoms with Gasteiger partial charge in [0, 0.05) is 0 Å². The second kappa shape index (κ2) is 5.74. The van der Waals surface area contributed by atoms with E-state index in [4.69, 9.17) is 5.26 Å². The number of carbonyl (C=O) groups excluding carboxylic acids is 1. The third kappa shape index (κ3) is 3.47. The molecule has 0 aliphatic heterocycles. The maximum atomic E-state index is 13.0. The highest BCUT2D eigenvalue weighted by molar-refractivity contribution is 5.74. The molecule has 0 aliphatic rings. The first kappa shape index (κ1) is 15.0. The largest absolute Gasteiger partial charge is 0.466 e. The van der Waals surface area contributed by atoms with E-state index in [-0.39, 0.29) is 23.3 Å². The van der Waals surface area contributed by atoms with E-state index in [1.54, 1.807) is 13.0 Å². The van der Waals surface area contributed by atoms with Crippen molar-refractivity contribution in [2.24, 2.45) is 0 Å². The average Bonchev–Trinajstić information content (AvgIpc) is 2.27. The number of nitrogens with zero attached hydrogens (tertiary/aromatic N) is 1. The van der Waals surface area contributed by atoms with Crippen LogP contribution in [0.5, 0.6) is 0 Å². The summed E-state index contributed by atoms with van der Waals surface area (Å²) in [6, 6.07) is 4.17. The van der Waals surface area contributed by atoms with Crippen LogP contribution >= 0.6 is 0 Å². The highest BCUT2D eigenvalue weighted by Gasteiger charge is 2.36. The summed E-state index contributed by atoms with van der Waals surface area (Å²) in [5.74, 6) is -0.782. The number of carbonyl (C=O) groups is 1. The zero-order valence-electron chi connectivity index (χ0n) is 10.5. The second-order valence-corrected chi connectivity index (χ2v) is 3.87. The van der Waals surface area contributed by atoms with Gasteiger partial charge in [0.25, 0.3) is 0 Å². The van der Waals surface area contributed by atoms with Gasteiger partial charge in [0.1, 0.15) is 0 Å². The highest BCUT2D eigenvalue weighted by atomic mass is 19.4. The number of rotatable bonds is 3. The summed E-state index contributed by atoms with van der Waals surface area (Å²) in [5, 5.41) is 8.87. The first-order valence-electron chi connectivity index (χ1n) is 5.56. The first-order chi connectivity index (χ1) is 8.81. The molecule has 0 heterocycles. The van der Waals surface area contributed by atoms with Gasteiger partial charge in [-0.15, -0.1) is 0 Å². The van der Waals surface area contributed by atoms with Crippen LogP contribution in [0.25, 0.3) is 0 Å². The number of esters is 1. The quantitative estimate of drug-likeness (QED) is 0.794. The molecule has 0 amide bonds. The third-order valence-electron chi connectivity index (χ3n) is 2.55. The Labute approximate surface area is 108 Å². The molecule has 0 aromatic heterocycles. The predicted molar refractivity (Wildman–Crippen MR) is 61.2 cm³/mol. The van der Waals surface area contributed by atoms with Crippen LogP contribution in [0.2, 0.25) is 0 Å². The Morgan fingerprint density at radius 2 is 2.05 bits per heavy atom. The number of aryl methyl sites for hydroxylation is 1. The molecule has 1 rings (SSSR count). The van der Waals surface area contributed by atoms with Crippen molar-refractivity contribution in [3.8, 4) is 6.07 Å². The number of alkyl halides is 3. The average molecular weight is 271 g/mol. The number of halogens is 3. The number of hydrogen-bond donors (Lipinski definition) is 0. The van der Waals surface area contributed by atoms with Crippen molar-refractivity contribution in [1.29, 1.82) is 5.26 Å². The van der Waals surface area contributed by atoms with Crippen LogP contribution in [0.1, 0.15) is 29.2 Å². The molecule has 0 atom stereocenters. The summed E-state index contributed by atoms with van der Waals surface area (Å²) in [6.45, 7) is 2.93. The number of nitriles is 1. The molecule has 0 saturated heterocycles. The van der Waals surface area contributed by atoms with Crippen LogP contribution in [-0.4, -0.2) is 12.6 Å². The van der Waals surface area contributed by atoms with Gasteiger partial charge in [0.2, 0.25) is 0 Å². The summed E-state index contributed by atoms with van der Waals surface area (Å²) in [5.41, 5.74) is -1.44. The fourth-order valence-corrected chi connectivity index (χ4v) is 1.80. The van der Waals surface area contributed by atoms with Crippen molar-refractivity contribution in [1.82, 2.24) is 0 Å². The Morgan fingerprint density at radius 3 is 2.53 bits per heavy atom. The van der Waals surface area contributed by atoms with Gasteiger partial charge in [-0.05, 0) is 31.0 Å². The van der Waals surface area contributed by atoms with Crippen LogP contribution in [-0.2, 0) is 22.1 Å². The van der Waals surface area contributed by atoms with Crippen molar-refractivity contribution in [2.75, 3.05) is 6.61 Å². The molecule has 6 heteroatoms. The molecule has 3 nitrogen and oxygen atoms in total. The minimum atomic E-state index is -4.61. The van der Waals surface area contributed by atoms with Gasteiger partial charge in [0.15, 0.2) is 0 Å². The van der Waals surface area contributed by atoms with E-state index in [2.05, 4.69) is 4.74 Å². The van der Waals surface area contributed by atoms with E-state index in [9.17, 15) is 18.0 Å². The van der Waals surface area contributed by atoms with Gasteiger partial charge >= 0.3 is 12.1 Å².